The maximum Gasteiger partial charge on any atom is 0.0963 e. The normalized spacial score (nSPS) is 11.7. The molecule has 3 heteroatoms. The minimum Gasteiger partial charge on any atom is -0.387 e. The smallest absolute Gasteiger partial charge is 0.0963 e. The van der Waals surface area contributed by atoms with Gasteiger partial charge in [0.05, 0.1) is 5.84 Å². The van der Waals surface area contributed by atoms with Gasteiger partial charge in [-0.2, -0.15) is 0 Å². The van der Waals surface area contributed by atoms with Crippen LogP contribution in [0.4, 0.5) is 0 Å². The zero-order valence-corrected chi connectivity index (χ0v) is 10.4. The summed E-state index contributed by atoms with van der Waals surface area (Å²) in [5, 5.41) is 7.41. The Morgan fingerprint density at radius 1 is 1.20 bits per heavy atom. The van der Waals surface area contributed by atoms with Gasteiger partial charge in [0, 0.05) is 18.6 Å². The summed E-state index contributed by atoms with van der Waals surface area (Å²) in [6, 6.07) is 0. The second-order valence-electron chi connectivity index (χ2n) is 4.72. The van der Waals surface area contributed by atoms with Crippen LogP contribution in [0, 0.1) is 10.8 Å². The molecule has 0 saturated heterocycles. The molecule has 0 aromatic heterocycles. The number of ether oxygens (including phenoxy) is 1. The Balaban J connectivity index is 3.35. The van der Waals surface area contributed by atoms with E-state index >= 15 is 0 Å². The molecule has 3 nitrogen and oxygen atoms in total. The van der Waals surface area contributed by atoms with Crippen LogP contribution in [0.5, 0.6) is 0 Å². The SMILES string of the molecule is CCCCOCCCCC(C)(C)C(=N)N. The van der Waals surface area contributed by atoms with Gasteiger partial charge >= 0.3 is 0 Å². The molecule has 0 aliphatic carbocycles. The Morgan fingerprint density at radius 2 is 1.80 bits per heavy atom. The van der Waals surface area contributed by atoms with E-state index in [2.05, 4.69) is 6.92 Å². The molecule has 0 rings (SSSR count). The molecule has 0 aliphatic heterocycles. The van der Waals surface area contributed by atoms with Gasteiger partial charge in [-0.05, 0) is 19.3 Å². The number of hydrogen-bond donors (Lipinski definition) is 2. The van der Waals surface area contributed by atoms with Crippen molar-refractivity contribution in [1.29, 1.82) is 5.41 Å². The van der Waals surface area contributed by atoms with Gasteiger partial charge in [-0.3, -0.25) is 5.41 Å². The van der Waals surface area contributed by atoms with Gasteiger partial charge < -0.3 is 10.5 Å². The second-order valence-corrected chi connectivity index (χ2v) is 4.72. The van der Waals surface area contributed by atoms with Gasteiger partial charge in [-0.1, -0.05) is 33.6 Å². The third kappa shape index (κ3) is 7.37. The summed E-state index contributed by atoms with van der Waals surface area (Å²) in [7, 11) is 0. The van der Waals surface area contributed by atoms with Gasteiger partial charge in [0.1, 0.15) is 0 Å². The maximum absolute atomic E-state index is 7.41. The van der Waals surface area contributed by atoms with Crippen LogP contribution in [0.1, 0.15) is 52.9 Å². The molecule has 15 heavy (non-hydrogen) atoms. The molecule has 0 spiro atoms. The van der Waals surface area contributed by atoms with Crippen molar-refractivity contribution in [2.45, 2.75) is 52.9 Å². The highest BCUT2D eigenvalue weighted by Crippen LogP contribution is 2.22. The lowest BCUT2D eigenvalue weighted by atomic mass is 9.86. The van der Waals surface area contributed by atoms with Crippen molar-refractivity contribution in [3.63, 3.8) is 0 Å². The highest BCUT2D eigenvalue weighted by Gasteiger charge is 2.20. The maximum atomic E-state index is 7.41. The van der Waals surface area contributed by atoms with E-state index < -0.39 is 0 Å². The van der Waals surface area contributed by atoms with Crippen LogP contribution in [0.2, 0.25) is 0 Å². The van der Waals surface area contributed by atoms with E-state index in [0.717, 1.165) is 38.9 Å². The van der Waals surface area contributed by atoms with Crippen LogP contribution in [-0.2, 0) is 4.74 Å². The number of nitrogens with one attached hydrogen (secondary N) is 1. The second kappa shape index (κ2) is 7.69. The van der Waals surface area contributed by atoms with Gasteiger partial charge in [-0.25, -0.2) is 0 Å². The highest BCUT2D eigenvalue weighted by atomic mass is 16.5. The third-order valence-electron chi connectivity index (χ3n) is 2.71. The molecular formula is C12H26N2O. The van der Waals surface area contributed by atoms with Crippen molar-refractivity contribution in [2.24, 2.45) is 11.1 Å². The number of hydrogen-bond acceptors (Lipinski definition) is 2. The van der Waals surface area contributed by atoms with Crippen LogP contribution in [0.3, 0.4) is 0 Å². The summed E-state index contributed by atoms with van der Waals surface area (Å²) >= 11 is 0. The van der Waals surface area contributed by atoms with Gasteiger partial charge in [0.15, 0.2) is 0 Å². The summed E-state index contributed by atoms with van der Waals surface area (Å²) in [4.78, 5) is 0. The summed E-state index contributed by atoms with van der Waals surface area (Å²) in [5.74, 6) is 0.286. The van der Waals surface area contributed by atoms with E-state index in [1.165, 1.54) is 6.42 Å². The van der Waals surface area contributed by atoms with Crippen LogP contribution in [0.15, 0.2) is 0 Å². The monoisotopic (exact) mass is 214 g/mol. The number of nitrogens with two attached hydrogens (primary N) is 1. The van der Waals surface area contributed by atoms with E-state index in [1.54, 1.807) is 0 Å². The minimum absolute atomic E-state index is 0.149. The van der Waals surface area contributed by atoms with Gasteiger partial charge in [0.2, 0.25) is 0 Å². The summed E-state index contributed by atoms with van der Waals surface area (Å²) in [5.41, 5.74) is 5.35. The molecular weight excluding hydrogens is 188 g/mol. The van der Waals surface area contributed by atoms with E-state index in [4.69, 9.17) is 15.9 Å². The summed E-state index contributed by atoms with van der Waals surface area (Å²) in [6.07, 6.45) is 5.47. The standard InChI is InChI=1S/C12H26N2O/c1-4-5-9-15-10-7-6-8-12(2,3)11(13)14/h4-10H2,1-3H3,(H3,13,14). The molecule has 0 saturated carbocycles. The molecule has 0 fully saturated rings. The van der Waals surface area contributed by atoms with E-state index in [1.807, 2.05) is 13.8 Å². The topological polar surface area (TPSA) is 59.1 Å². The number of unbranched alkanes of at least 4 members (excludes halogenated alkanes) is 2. The number of amidine groups is 1. The lowest BCUT2D eigenvalue weighted by Crippen LogP contribution is -2.30. The van der Waals surface area contributed by atoms with Crippen molar-refractivity contribution in [3.05, 3.63) is 0 Å². The molecule has 0 unspecified atom stereocenters. The average molecular weight is 214 g/mol. The van der Waals surface area contributed by atoms with Crippen LogP contribution < -0.4 is 5.73 Å². The fourth-order valence-electron chi connectivity index (χ4n) is 1.25. The first-order valence-electron chi connectivity index (χ1n) is 5.93. The van der Waals surface area contributed by atoms with Crippen molar-refractivity contribution in [2.75, 3.05) is 13.2 Å². The Bertz CT molecular complexity index is 178. The molecule has 0 amide bonds. The first-order valence-corrected chi connectivity index (χ1v) is 5.93. The van der Waals surface area contributed by atoms with Crippen LogP contribution in [-0.4, -0.2) is 19.0 Å². The lowest BCUT2D eigenvalue weighted by Gasteiger charge is -2.22. The Hall–Kier alpha value is -0.570. The van der Waals surface area contributed by atoms with Crippen LogP contribution in [0.25, 0.3) is 0 Å². The molecule has 0 aliphatic rings. The van der Waals surface area contributed by atoms with E-state index in [0.29, 0.717) is 0 Å². The molecule has 0 heterocycles. The van der Waals surface area contributed by atoms with Gasteiger partial charge in [-0.15, -0.1) is 0 Å². The van der Waals surface area contributed by atoms with Crippen molar-refractivity contribution in [3.8, 4) is 0 Å². The minimum atomic E-state index is -0.149. The Morgan fingerprint density at radius 3 is 2.33 bits per heavy atom. The predicted octanol–water partition coefficient (Wildman–Crippen LogP) is 2.94. The molecule has 3 N–H and O–H groups in total. The summed E-state index contributed by atoms with van der Waals surface area (Å²) < 4.78 is 5.46. The molecule has 90 valence electrons. The van der Waals surface area contributed by atoms with E-state index in [9.17, 15) is 0 Å². The highest BCUT2D eigenvalue weighted by molar-refractivity contribution is 5.82. The van der Waals surface area contributed by atoms with E-state index in [-0.39, 0.29) is 11.3 Å². The zero-order chi connectivity index (χ0) is 11.7. The first-order chi connectivity index (χ1) is 7.00. The Kier molecular flexibility index (Phi) is 7.39. The lowest BCUT2D eigenvalue weighted by molar-refractivity contribution is 0.126. The van der Waals surface area contributed by atoms with Crippen molar-refractivity contribution in [1.82, 2.24) is 0 Å². The molecule has 0 atom stereocenters. The largest absolute Gasteiger partial charge is 0.387 e. The summed E-state index contributed by atoms with van der Waals surface area (Å²) in [6.45, 7) is 7.93. The fraction of sp³-hybridized carbons (Fsp3) is 0.917. The first kappa shape index (κ1) is 14.4. The van der Waals surface area contributed by atoms with Gasteiger partial charge in [0.25, 0.3) is 0 Å². The molecule has 0 aromatic carbocycles. The molecule has 0 aromatic rings. The van der Waals surface area contributed by atoms with Crippen molar-refractivity contribution < 1.29 is 4.74 Å². The van der Waals surface area contributed by atoms with Crippen LogP contribution >= 0.6 is 0 Å². The Labute approximate surface area is 93.9 Å². The molecule has 0 radical (unpaired) electrons. The number of rotatable bonds is 9. The zero-order valence-electron chi connectivity index (χ0n) is 10.4. The average Bonchev–Trinajstić information content (AvgIpc) is 2.16. The molecule has 0 bridgehead atoms. The van der Waals surface area contributed by atoms with Crippen molar-refractivity contribution >= 4 is 5.84 Å². The third-order valence-corrected chi connectivity index (χ3v) is 2.71. The predicted molar refractivity (Wildman–Crippen MR) is 65.3 cm³/mol. The fourth-order valence-corrected chi connectivity index (χ4v) is 1.25. The quantitative estimate of drug-likeness (QED) is 0.352.